The lowest BCUT2D eigenvalue weighted by Crippen LogP contribution is -2.36. The number of rotatable bonds is 4. The molecule has 15 heavy (non-hydrogen) atoms. The SMILES string of the molecule is NCC(Nc1ccccc1)C1CCSC1. The minimum atomic E-state index is 0.433. The van der Waals surface area contributed by atoms with Gasteiger partial charge in [0, 0.05) is 18.3 Å². The molecule has 1 saturated heterocycles. The molecule has 1 aromatic rings. The summed E-state index contributed by atoms with van der Waals surface area (Å²) in [7, 11) is 0. The first kappa shape index (κ1) is 10.8. The highest BCUT2D eigenvalue weighted by Gasteiger charge is 2.23. The van der Waals surface area contributed by atoms with E-state index in [9.17, 15) is 0 Å². The van der Waals surface area contributed by atoms with Gasteiger partial charge in [0.05, 0.1) is 0 Å². The van der Waals surface area contributed by atoms with Crippen molar-refractivity contribution in [2.24, 2.45) is 11.7 Å². The molecule has 0 radical (unpaired) electrons. The second-order valence-electron chi connectivity index (χ2n) is 3.98. The molecule has 2 rings (SSSR count). The number of hydrogen-bond donors (Lipinski definition) is 2. The van der Waals surface area contributed by atoms with Crippen LogP contribution < -0.4 is 11.1 Å². The van der Waals surface area contributed by atoms with E-state index in [4.69, 9.17) is 5.73 Å². The Balaban J connectivity index is 1.96. The zero-order chi connectivity index (χ0) is 10.5. The van der Waals surface area contributed by atoms with Gasteiger partial charge < -0.3 is 11.1 Å². The summed E-state index contributed by atoms with van der Waals surface area (Å²) >= 11 is 2.04. The molecule has 0 spiro atoms. The van der Waals surface area contributed by atoms with Gasteiger partial charge in [-0.3, -0.25) is 0 Å². The lowest BCUT2D eigenvalue weighted by Gasteiger charge is -2.23. The molecule has 3 N–H and O–H groups in total. The third kappa shape index (κ3) is 2.89. The van der Waals surface area contributed by atoms with Crippen LogP contribution in [0.15, 0.2) is 30.3 Å². The first-order valence-electron chi connectivity index (χ1n) is 5.49. The number of hydrogen-bond acceptors (Lipinski definition) is 3. The van der Waals surface area contributed by atoms with E-state index in [-0.39, 0.29) is 0 Å². The molecule has 2 atom stereocenters. The van der Waals surface area contributed by atoms with Gasteiger partial charge in [-0.25, -0.2) is 0 Å². The fourth-order valence-electron chi connectivity index (χ4n) is 1.99. The van der Waals surface area contributed by atoms with E-state index in [2.05, 4.69) is 29.6 Å². The fourth-order valence-corrected chi connectivity index (χ4v) is 3.33. The zero-order valence-electron chi connectivity index (χ0n) is 8.86. The Kier molecular flexibility index (Phi) is 3.92. The maximum absolute atomic E-state index is 5.83. The maximum atomic E-state index is 5.83. The van der Waals surface area contributed by atoms with Gasteiger partial charge in [-0.05, 0) is 36.0 Å². The topological polar surface area (TPSA) is 38.0 Å². The van der Waals surface area contributed by atoms with Gasteiger partial charge in [-0.15, -0.1) is 0 Å². The first-order chi connectivity index (χ1) is 7.40. The first-order valence-corrected chi connectivity index (χ1v) is 6.65. The van der Waals surface area contributed by atoms with Gasteiger partial charge in [-0.1, -0.05) is 18.2 Å². The maximum Gasteiger partial charge on any atom is 0.0420 e. The Hall–Kier alpha value is -0.670. The van der Waals surface area contributed by atoms with Gasteiger partial charge >= 0.3 is 0 Å². The third-order valence-corrected chi connectivity index (χ3v) is 4.10. The van der Waals surface area contributed by atoms with Crippen LogP contribution >= 0.6 is 11.8 Å². The molecule has 0 aliphatic carbocycles. The Morgan fingerprint density at radius 3 is 2.80 bits per heavy atom. The zero-order valence-corrected chi connectivity index (χ0v) is 9.67. The molecule has 1 heterocycles. The predicted octanol–water partition coefficient (Wildman–Crippen LogP) is 2.18. The van der Waals surface area contributed by atoms with Crippen molar-refractivity contribution in [1.29, 1.82) is 0 Å². The van der Waals surface area contributed by atoms with Crippen molar-refractivity contribution in [3.05, 3.63) is 30.3 Å². The monoisotopic (exact) mass is 222 g/mol. The van der Waals surface area contributed by atoms with E-state index in [1.165, 1.54) is 23.6 Å². The summed E-state index contributed by atoms with van der Waals surface area (Å²) in [5.41, 5.74) is 7.01. The van der Waals surface area contributed by atoms with E-state index in [1.807, 2.05) is 17.8 Å². The summed E-state index contributed by atoms with van der Waals surface area (Å²) in [6, 6.07) is 10.8. The Bertz CT molecular complexity index is 283. The minimum Gasteiger partial charge on any atom is -0.381 e. The van der Waals surface area contributed by atoms with Gasteiger partial charge in [0.25, 0.3) is 0 Å². The van der Waals surface area contributed by atoms with Crippen molar-refractivity contribution < 1.29 is 0 Å². The fraction of sp³-hybridized carbons (Fsp3) is 0.500. The van der Waals surface area contributed by atoms with Crippen LogP contribution in [-0.2, 0) is 0 Å². The van der Waals surface area contributed by atoms with Crippen molar-refractivity contribution in [3.8, 4) is 0 Å². The van der Waals surface area contributed by atoms with Crippen LogP contribution in [0.1, 0.15) is 6.42 Å². The molecule has 0 bridgehead atoms. The van der Waals surface area contributed by atoms with Crippen molar-refractivity contribution in [1.82, 2.24) is 0 Å². The lowest BCUT2D eigenvalue weighted by molar-refractivity contribution is 0.499. The summed E-state index contributed by atoms with van der Waals surface area (Å²) in [6.45, 7) is 0.722. The average Bonchev–Trinajstić information content (AvgIpc) is 2.81. The summed E-state index contributed by atoms with van der Waals surface area (Å²) < 4.78 is 0. The van der Waals surface area contributed by atoms with E-state index < -0.39 is 0 Å². The molecule has 3 heteroatoms. The molecule has 2 nitrogen and oxygen atoms in total. The molecule has 0 amide bonds. The highest BCUT2D eigenvalue weighted by Crippen LogP contribution is 2.27. The van der Waals surface area contributed by atoms with Crippen LogP contribution in [0.3, 0.4) is 0 Å². The second-order valence-corrected chi connectivity index (χ2v) is 5.13. The number of nitrogens with one attached hydrogen (secondary N) is 1. The molecule has 1 aromatic carbocycles. The van der Waals surface area contributed by atoms with Crippen molar-refractivity contribution in [2.75, 3.05) is 23.4 Å². The largest absolute Gasteiger partial charge is 0.381 e. The number of anilines is 1. The van der Waals surface area contributed by atoms with E-state index in [0.717, 1.165) is 12.5 Å². The van der Waals surface area contributed by atoms with Crippen molar-refractivity contribution in [3.63, 3.8) is 0 Å². The van der Waals surface area contributed by atoms with Crippen LogP contribution in [0.5, 0.6) is 0 Å². The number of thioether (sulfide) groups is 1. The van der Waals surface area contributed by atoms with Crippen LogP contribution in [0, 0.1) is 5.92 Å². The molecule has 0 saturated carbocycles. The quantitative estimate of drug-likeness (QED) is 0.820. The molecule has 82 valence electrons. The van der Waals surface area contributed by atoms with Crippen molar-refractivity contribution >= 4 is 17.4 Å². The van der Waals surface area contributed by atoms with E-state index >= 15 is 0 Å². The van der Waals surface area contributed by atoms with Crippen LogP contribution in [0.2, 0.25) is 0 Å². The van der Waals surface area contributed by atoms with E-state index in [0.29, 0.717) is 6.04 Å². The average molecular weight is 222 g/mol. The summed E-state index contributed by atoms with van der Waals surface area (Å²) in [6.07, 6.45) is 1.30. The standard InChI is InChI=1S/C12H18N2S/c13-8-12(10-6-7-15-9-10)14-11-4-2-1-3-5-11/h1-5,10,12,14H,6-9,13H2. The van der Waals surface area contributed by atoms with Crippen LogP contribution in [0.4, 0.5) is 5.69 Å². The lowest BCUT2D eigenvalue weighted by atomic mass is 9.99. The third-order valence-electron chi connectivity index (χ3n) is 2.91. The Morgan fingerprint density at radius 1 is 1.40 bits per heavy atom. The molecule has 1 aliphatic rings. The van der Waals surface area contributed by atoms with Gasteiger partial charge in [0.1, 0.15) is 0 Å². The smallest absolute Gasteiger partial charge is 0.0420 e. The van der Waals surface area contributed by atoms with Gasteiger partial charge in [0.15, 0.2) is 0 Å². The Morgan fingerprint density at radius 2 is 2.20 bits per heavy atom. The van der Waals surface area contributed by atoms with Gasteiger partial charge in [0.2, 0.25) is 0 Å². The summed E-state index contributed by atoms with van der Waals surface area (Å²) in [4.78, 5) is 0. The molecule has 2 unspecified atom stereocenters. The molecular formula is C12H18N2S. The molecule has 0 aromatic heterocycles. The van der Waals surface area contributed by atoms with Crippen LogP contribution in [-0.4, -0.2) is 24.1 Å². The molecular weight excluding hydrogens is 204 g/mol. The highest BCUT2D eigenvalue weighted by molar-refractivity contribution is 7.99. The molecule has 1 fully saturated rings. The van der Waals surface area contributed by atoms with E-state index in [1.54, 1.807) is 0 Å². The number of nitrogens with two attached hydrogens (primary N) is 1. The van der Waals surface area contributed by atoms with Crippen molar-refractivity contribution in [2.45, 2.75) is 12.5 Å². The van der Waals surface area contributed by atoms with Gasteiger partial charge in [-0.2, -0.15) is 11.8 Å². The van der Waals surface area contributed by atoms with Crippen LogP contribution in [0.25, 0.3) is 0 Å². The second kappa shape index (κ2) is 5.42. The Labute approximate surface area is 95.6 Å². The minimum absolute atomic E-state index is 0.433. The molecule has 1 aliphatic heterocycles. The predicted molar refractivity (Wildman–Crippen MR) is 68.3 cm³/mol. The normalized spacial score (nSPS) is 22.6. The number of para-hydroxylation sites is 1. The highest BCUT2D eigenvalue weighted by atomic mass is 32.2. The number of benzene rings is 1. The summed E-state index contributed by atoms with van der Waals surface area (Å²) in [5, 5.41) is 3.53. The summed E-state index contributed by atoms with van der Waals surface area (Å²) in [5.74, 6) is 3.28.